The predicted octanol–water partition coefficient (Wildman–Crippen LogP) is 7.15. The highest BCUT2D eigenvalue weighted by Gasteiger charge is 2.17. The van der Waals surface area contributed by atoms with Crippen LogP contribution >= 0.6 is 35.0 Å². The van der Waals surface area contributed by atoms with Gasteiger partial charge in [0.25, 0.3) is 0 Å². The third kappa shape index (κ3) is 4.35. The van der Waals surface area contributed by atoms with Crippen molar-refractivity contribution in [3.63, 3.8) is 0 Å². The molecule has 0 amide bonds. The lowest BCUT2D eigenvalue weighted by Crippen LogP contribution is -2.01. The van der Waals surface area contributed by atoms with Gasteiger partial charge in [0.05, 0.1) is 5.69 Å². The van der Waals surface area contributed by atoms with Crippen LogP contribution in [-0.2, 0) is 5.75 Å². The Morgan fingerprint density at radius 2 is 1.62 bits per heavy atom. The molecule has 1 aromatic heterocycles. The molecule has 0 atom stereocenters. The molecule has 0 saturated carbocycles. The first-order chi connectivity index (χ1) is 14.0. The van der Waals surface area contributed by atoms with Crippen LogP contribution in [0.15, 0.2) is 71.9 Å². The average Bonchev–Trinajstić information content (AvgIpc) is 3.14. The van der Waals surface area contributed by atoms with E-state index in [1.165, 1.54) is 11.1 Å². The molecule has 4 aromatic rings. The highest BCUT2D eigenvalue weighted by atomic mass is 35.5. The van der Waals surface area contributed by atoms with Gasteiger partial charge in [-0.2, -0.15) is 0 Å². The third-order valence-electron chi connectivity index (χ3n) is 4.80. The maximum atomic E-state index is 6.33. The number of thioether (sulfide) groups is 1. The zero-order valence-corrected chi connectivity index (χ0v) is 18.4. The van der Waals surface area contributed by atoms with Crippen molar-refractivity contribution in [3.05, 3.63) is 93.5 Å². The zero-order valence-electron chi connectivity index (χ0n) is 16.1. The van der Waals surface area contributed by atoms with Crippen molar-refractivity contribution in [1.29, 1.82) is 0 Å². The van der Waals surface area contributed by atoms with E-state index in [0.29, 0.717) is 10.8 Å². The number of hydrogen-bond donors (Lipinski definition) is 0. The maximum absolute atomic E-state index is 6.33. The molecule has 0 saturated heterocycles. The summed E-state index contributed by atoms with van der Waals surface area (Å²) in [6.07, 6.45) is 0. The fourth-order valence-corrected chi connectivity index (χ4v) is 4.37. The second kappa shape index (κ2) is 8.62. The summed E-state index contributed by atoms with van der Waals surface area (Å²) in [6.45, 7) is 4.22. The summed E-state index contributed by atoms with van der Waals surface area (Å²) in [5.41, 5.74) is 5.54. The monoisotopic (exact) mass is 439 g/mol. The molecule has 0 unspecified atom stereocenters. The minimum absolute atomic E-state index is 0.694. The highest BCUT2D eigenvalue weighted by molar-refractivity contribution is 7.98. The van der Waals surface area contributed by atoms with E-state index in [2.05, 4.69) is 46.8 Å². The molecule has 6 heteroatoms. The average molecular weight is 440 g/mol. The van der Waals surface area contributed by atoms with E-state index < -0.39 is 0 Å². The summed E-state index contributed by atoms with van der Waals surface area (Å²) < 4.78 is 2.09. The Labute approximate surface area is 184 Å². The van der Waals surface area contributed by atoms with E-state index in [-0.39, 0.29) is 0 Å². The number of aryl methyl sites for hydroxylation is 2. The quantitative estimate of drug-likeness (QED) is 0.309. The van der Waals surface area contributed by atoms with Crippen molar-refractivity contribution in [2.45, 2.75) is 24.8 Å². The van der Waals surface area contributed by atoms with Crippen molar-refractivity contribution in [2.24, 2.45) is 0 Å². The van der Waals surface area contributed by atoms with Crippen molar-refractivity contribution in [3.8, 4) is 17.1 Å². The van der Waals surface area contributed by atoms with Crippen molar-refractivity contribution >= 4 is 35.0 Å². The van der Waals surface area contributed by atoms with Gasteiger partial charge in [0.1, 0.15) is 0 Å². The summed E-state index contributed by atoms with van der Waals surface area (Å²) >= 11 is 14.0. The first kappa shape index (κ1) is 20.0. The number of benzene rings is 3. The molecule has 3 aromatic carbocycles. The van der Waals surface area contributed by atoms with Gasteiger partial charge >= 0.3 is 0 Å². The van der Waals surface area contributed by atoms with Gasteiger partial charge in [-0.25, -0.2) is 0 Å². The van der Waals surface area contributed by atoms with Crippen LogP contribution < -0.4 is 0 Å². The molecule has 0 fully saturated rings. The zero-order chi connectivity index (χ0) is 20.4. The summed E-state index contributed by atoms with van der Waals surface area (Å²) in [5, 5.41) is 11.3. The fourth-order valence-electron chi connectivity index (χ4n) is 3.00. The highest BCUT2D eigenvalue weighted by Crippen LogP contribution is 2.32. The van der Waals surface area contributed by atoms with Crippen LogP contribution in [0.3, 0.4) is 0 Å². The normalized spacial score (nSPS) is 11.0. The molecule has 0 aliphatic rings. The molecule has 3 nitrogen and oxygen atoms in total. The lowest BCUT2D eigenvalue weighted by molar-refractivity contribution is 0.884. The van der Waals surface area contributed by atoms with Gasteiger partial charge in [-0.05, 0) is 73.0 Å². The molecule has 1 heterocycles. The molecule has 0 aliphatic heterocycles. The van der Waals surface area contributed by atoms with Crippen LogP contribution in [0.25, 0.3) is 17.1 Å². The Bertz CT molecular complexity index is 1150. The van der Waals surface area contributed by atoms with Crippen molar-refractivity contribution in [1.82, 2.24) is 14.8 Å². The third-order valence-corrected chi connectivity index (χ3v) is 6.40. The predicted molar refractivity (Wildman–Crippen MR) is 122 cm³/mol. The van der Waals surface area contributed by atoms with Crippen LogP contribution in [0.5, 0.6) is 0 Å². The molecular weight excluding hydrogens is 421 g/mol. The van der Waals surface area contributed by atoms with E-state index >= 15 is 0 Å². The van der Waals surface area contributed by atoms with E-state index in [1.807, 2.05) is 48.5 Å². The molecule has 146 valence electrons. The number of rotatable bonds is 5. The summed E-state index contributed by atoms with van der Waals surface area (Å²) in [5.74, 6) is 1.50. The van der Waals surface area contributed by atoms with Gasteiger partial charge in [-0.15, -0.1) is 10.2 Å². The Morgan fingerprint density at radius 1 is 0.862 bits per heavy atom. The second-order valence-corrected chi connectivity index (χ2v) is 8.58. The Balaban J connectivity index is 1.77. The minimum Gasteiger partial charge on any atom is -0.270 e. The lowest BCUT2D eigenvalue weighted by Gasteiger charge is -2.12. The Kier molecular flexibility index (Phi) is 5.95. The van der Waals surface area contributed by atoms with Crippen LogP contribution in [0.2, 0.25) is 10.0 Å². The topological polar surface area (TPSA) is 30.7 Å². The number of hydrogen-bond acceptors (Lipinski definition) is 3. The van der Waals surface area contributed by atoms with Crippen molar-refractivity contribution in [2.75, 3.05) is 0 Å². The minimum atomic E-state index is 0.694. The maximum Gasteiger partial charge on any atom is 0.196 e. The first-order valence-corrected chi connectivity index (χ1v) is 10.9. The molecule has 0 N–H and O–H groups in total. The smallest absolute Gasteiger partial charge is 0.196 e. The second-order valence-electron chi connectivity index (χ2n) is 6.80. The molecule has 0 radical (unpaired) electrons. The van der Waals surface area contributed by atoms with Gasteiger partial charge in [0.2, 0.25) is 0 Å². The van der Waals surface area contributed by atoms with Gasteiger partial charge in [-0.3, -0.25) is 4.57 Å². The van der Waals surface area contributed by atoms with Gasteiger partial charge in [0.15, 0.2) is 11.0 Å². The molecule has 4 rings (SSSR count). The molecule has 29 heavy (non-hydrogen) atoms. The van der Waals surface area contributed by atoms with Crippen LogP contribution in [-0.4, -0.2) is 14.8 Å². The Morgan fingerprint density at radius 3 is 2.34 bits per heavy atom. The summed E-state index contributed by atoms with van der Waals surface area (Å²) in [4.78, 5) is 0. The molecule has 0 spiro atoms. The van der Waals surface area contributed by atoms with Crippen LogP contribution in [0.1, 0.15) is 16.7 Å². The first-order valence-electron chi connectivity index (χ1n) is 9.18. The number of aromatic nitrogens is 3. The molecule has 0 bridgehead atoms. The molecule has 0 aliphatic carbocycles. The number of nitrogens with zero attached hydrogens (tertiary/aromatic N) is 3. The molecular formula is C23H19Cl2N3S. The van der Waals surface area contributed by atoms with E-state index in [0.717, 1.165) is 32.8 Å². The van der Waals surface area contributed by atoms with Crippen LogP contribution in [0.4, 0.5) is 0 Å². The van der Waals surface area contributed by atoms with E-state index in [9.17, 15) is 0 Å². The van der Waals surface area contributed by atoms with Gasteiger partial charge in [-0.1, -0.05) is 59.2 Å². The Hall–Kier alpha value is -2.27. The van der Waals surface area contributed by atoms with E-state index in [4.69, 9.17) is 23.2 Å². The number of halogens is 2. The van der Waals surface area contributed by atoms with Gasteiger partial charge < -0.3 is 0 Å². The van der Waals surface area contributed by atoms with Gasteiger partial charge in [0, 0.05) is 21.4 Å². The van der Waals surface area contributed by atoms with Crippen LogP contribution in [0, 0.1) is 13.8 Å². The van der Waals surface area contributed by atoms with E-state index in [1.54, 1.807) is 11.8 Å². The standard InChI is InChI=1S/C23H19Cl2N3S/c1-15-7-12-20(13-16(15)2)28-22(17-8-10-19(24)11-9-17)26-27-23(28)29-14-18-5-3-4-6-21(18)25/h3-13H,14H2,1-2H3. The lowest BCUT2D eigenvalue weighted by atomic mass is 10.1. The largest absolute Gasteiger partial charge is 0.270 e. The summed E-state index contributed by atoms with van der Waals surface area (Å²) in [7, 11) is 0. The fraction of sp³-hybridized carbons (Fsp3) is 0.130. The SMILES string of the molecule is Cc1ccc(-n2c(SCc3ccccc3Cl)nnc2-c2ccc(Cl)cc2)cc1C. The van der Waals surface area contributed by atoms with Crippen molar-refractivity contribution < 1.29 is 0 Å². The summed E-state index contributed by atoms with van der Waals surface area (Å²) in [6, 6.07) is 21.9.